The van der Waals surface area contributed by atoms with Crippen LogP contribution in [0.1, 0.15) is 207 Å². The van der Waals surface area contributed by atoms with Gasteiger partial charge in [0.2, 0.25) is 0 Å². The first-order valence-electron chi connectivity index (χ1n) is 20.7. The molecule has 1 rings (SSSR count). The van der Waals surface area contributed by atoms with Crippen molar-refractivity contribution in [2.75, 3.05) is 26.2 Å². The molecule has 49 heavy (non-hydrogen) atoms. The number of hydrogen-bond donors (Lipinski definition) is 0. The van der Waals surface area contributed by atoms with Gasteiger partial charge in [-0.3, -0.25) is 0 Å². The third-order valence-corrected chi connectivity index (χ3v) is 10.1. The van der Waals surface area contributed by atoms with Crippen LogP contribution in [0.3, 0.4) is 0 Å². The molecular weight excluding hydrogens is 629 g/mol. The minimum Gasteiger partial charge on any atom is -0.868 e. The molecule has 0 fully saturated rings. The Morgan fingerprint density at radius 2 is 0.490 bits per heavy atom. The predicted molar refractivity (Wildman–Crippen MR) is 197 cm³/mol. The molecule has 1 aromatic rings. The van der Waals surface area contributed by atoms with E-state index in [1.54, 1.807) is 0 Å². The van der Waals surface area contributed by atoms with E-state index in [1.807, 2.05) is 0 Å². The van der Waals surface area contributed by atoms with Crippen LogP contribution in [0, 0.1) is 29.1 Å². The summed E-state index contributed by atoms with van der Waals surface area (Å²) in [6, 6.07) is 0. The molecule has 0 saturated carbocycles. The molecule has 0 spiro atoms. The van der Waals surface area contributed by atoms with Crippen molar-refractivity contribution in [3.63, 3.8) is 0 Å². The van der Waals surface area contributed by atoms with Gasteiger partial charge in [0.15, 0.2) is 29.1 Å². The summed E-state index contributed by atoms with van der Waals surface area (Å²) in [5, 5.41) is 10.2. The minimum atomic E-state index is -2.33. The zero-order chi connectivity index (χ0) is 36.6. The van der Waals surface area contributed by atoms with Crippen molar-refractivity contribution < 1.29 is 31.5 Å². The summed E-state index contributed by atoms with van der Waals surface area (Å²) in [7, 11) is 0. The second-order valence-electron chi connectivity index (χ2n) is 14.6. The standard InChI is InChI=1S/C36H76N.C6HF5O/c1-5-9-13-17-21-25-29-33-37(34-30-26-22-18-14-10-6-2,35-31-27-23-19-15-11-7-3)36-32-28-24-20-16-12-8-4;7-1-2(8)4(10)6(12)5(11)3(1)9/h5-36H2,1-4H3;12H/q+1;/p-1. The van der Waals surface area contributed by atoms with Crippen LogP contribution in [0.15, 0.2) is 0 Å². The van der Waals surface area contributed by atoms with E-state index in [4.69, 9.17) is 0 Å². The molecule has 0 unspecified atom stereocenters. The molecule has 7 heteroatoms. The van der Waals surface area contributed by atoms with Crippen LogP contribution < -0.4 is 5.11 Å². The van der Waals surface area contributed by atoms with Gasteiger partial charge in [-0.05, 0) is 57.1 Å². The van der Waals surface area contributed by atoms with Gasteiger partial charge in [0.1, 0.15) is 0 Å². The van der Waals surface area contributed by atoms with E-state index in [-0.39, 0.29) is 0 Å². The van der Waals surface area contributed by atoms with Gasteiger partial charge in [-0.15, -0.1) is 0 Å². The first kappa shape index (κ1) is 47.6. The lowest BCUT2D eigenvalue weighted by molar-refractivity contribution is -0.929. The molecule has 0 heterocycles. The monoisotopic (exact) mass is 706 g/mol. The van der Waals surface area contributed by atoms with E-state index >= 15 is 0 Å². The highest BCUT2D eigenvalue weighted by Crippen LogP contribution is 2.25. The molecule has 0 radical (unpaired) electrons. The predicted octanol–water partition coefficient (Wildman–Crippen LogP) is 14.3. The molecule has 2 nitrogen and oxygen atoms in total. The molecule has 0 bridgehead atoms. The lowest BCUT2D eigenvalue weighted by Gasteiger charge is -2.40. The van der Waals surface area contributed by atoms with Gasteiger partial charge in [-0.2, -0.15) is 0 Å². The lowest BCUT2D eigenvalue weighted by Crippen LogP contribution is -2.50. The fourth-order valence-corrected chi connectivity index (χ4v) is 6.87. The highest BCUT2D eigenvalue weighted by atomic mass is 19.2. The van der Waals surface area contributed by atoms with E-state index in [2.05, 4.69) is 27.7 Å². The maximum Gasteiger partial charge on any atom is 0.200 e. The quantitative estimate of drug-likeness (QED) is 0.0241. The van der Waals surface area contributed by atoms with Crippen molar-refractivity contribution in [1.29, 1.82) is 0 Å². The number of benzene rings is 1. The van der Waals surface area contributed by atoms with E-state index in [9.17, 15) is 27.1 Å². The number of unbranched alkanes of at least 4 members (excludes halogenated alkanes) is 24. The van der Waals surface area contributed by atoms with Gasteiger partial charge in [0.05, 0.1) is 26.2 Å². The second-order valence-corrected chi connectivity index (χ2v) is 14.6. The van der Waals surface area contributed by atoms with Crippen molar-refractivity contribution in [3.8, 4) is 5.75 Å². The Balaban J connectivity index is 0.00000160. The van der Waals surface area contributed by atoms with Crippen molar-refractivity contribution in [2.45, 2.75) is 207 Å². The van der Waals surface area contributed by atoms with Crippen LogP contribution >= 0.6 is 0 Å². The zero-order valence-electron chi connectivity index (χ0n) is 32.4. The maximum absolute atomic E-state index is 12.1. The Bertz CT molecular complexity index is 714. The summed E-state index contributed by atoms with van der Waals surface area (Å²) in [5.41, 5.74) is 0. The summed E-state index contributed by atoms with van der Waals surface area (Å²) >= 11 is 0. The molecule has 0 amide bonds. The van der Waals surface area contributed by atoms with E-state index in [0.29, 0.717) is 0 Å². The van der Waals surface area contributed by atoms with Crippen LogP contribution in [-0.2, 0) is 0 Å². The molecule has 0 aromatic heterocycles. The molecular formula is C42H76F5NO. The number of hydrogen-bond acceptors (Lipinski definition) is 1. The average molecular weight is 706 g/mol. The maximum atomic E-state index is 12.1. The Morgan fingerprint density at radius 1 is 0.306 bits per heavy atom. The molecule has 290 valence electrons. The summed E-state index contributed by atoms with van der Waals surface area (Å²) in [6.07, 6.45) is 40.7. The van der Waals surface area contributed by atoms with Crippen molar-refractivity contribution >= 4 is 0 Å². The minimum absolute atomic E-state index is 1.37. The number of quaternary nitrogens is 1. The highest BCUT2D eigenvalue weighted by molar-refractivity contribution is 5.26. The number of nitrogens with zero attached hydrogens (tertiary/aromatic N) is 1. The fraction of sp³-hybridized carbons (Fsp3) is 0.857. The fourth-order valence-electron chi connectivity index (χ4n) is 6.87. The van der Waals surface area contributed by atoms with Crippen molar-refractivity contribution in [1.82, 2.24) is 0 Å². The number of halogens is 5. The summed E-state index contributed by atoms with van der Waals surface area (Å²) < 4.78 is 61.9. The average Bonchev–Trinajstić information content (AvgIpc) is 3.11. The first-order chi connectivity index (χ1) is 23.7. The largest absolute Gasteiger partial charge is 0.868 e. The molecule has 1 aromatic carbocycles. The molecule has 0 saturated heterocycles. The van der Waals surface area contributed by atoms with Gasteiger partial charge in [0.25, 0.3) is 0 Å². The van der Waals surface area contributed by atoms with Gasteiger partial charge in [0, 0.05) is 0 Å². The third kappa shape index (κ3) is 23.7. The van der Waals surface area contributed by atoms with Gasteiger partial charge in [-0.1, -0.05) is 156 Å². The van der Waals surface area contributed by atoms with E-state index < -0.39 is 34.8 Å². The molecule has 0 atom stereocenters. The summed E-state index contributed by atoms with van der Waals surface area (Å²) in [5.74, 6) is -13.6. The Labute approximate surface area is 299 Å². The molecule has 0 aliphatic rings. The molecule has 0 aliphatic heterocycles. The lowest BCUT2D eigenvalue weighted by atomic mass is 10.0. The Hall–Kier alpha value is -1.37. The smallest absolute Gasteiger partial charge is 0.200 e. The van der Waals surface area contributed by atoms with Crippen LogP contribution in [0.4, 0.5) is 22.0 Å². The molecule has 0 N–H and O–H groups in total. The SMILES string of the molecule is CCCCCCCCC[N+](CCCCCCCCC)(CCCCCCCCC)CCCCCCCCC.[O-]c1c(F)c(F)c(F)c(F)c1F. The summed E-state index contributed by atoms with van der Waals surface area (Å²) in [6.45, 7) is 15.3. The summed E-state index contributed by atoms with van der Waals surface area (Å²) in [4.78, 5) is 0. The Morgan fingerprint density at radius 3 is 0.714 bits per heavy atom. The van der Waals surface area contributed by atoms with Crippen molar-refractivity contribution in [3.05, 3.63) is 29.1 Å². The van der Waals surface area contributed by atoms with Crippen molar-refractivity contribution in [2.24, 2.45) is 0 Å². The van der Waals surface area contributed by atoms with Crippen LogP contribution in [0.25, 0.3) is 0 Å². The second kappa shape index (κ2) is 32.5. The normalized spacial score (nSPS) is 11.6. The zero-order valence-corrected chi connectivity index (χ0v) is 32.4. The topological polar surface area (TPSA) is 23.1 Å². The third-order valence-electron chi connectivity index (χ3n) is 10.1. The van der Waals surface area contributed by atoms with Gasteiger partial charge < -0.3 is 9.59 Å². The first-order valence-corrected chi connectivity index (χ1v) is 20.7. The number of rotatable bonds is 32. The highest BCUT2D eigenvalue weighted by Gasteiger charge is 2.26. The van der Waals surface area contributed by atoms with E-state index in [0.717, 1.165) is 0 Å². The van der Waals surface area contributed by atoms with Crippen LogP contribution in [0.2, 0.25) is 0 Å². The van der Waals surface area contributed by atoms with Crippen LogP contribution in [-0.4, -0.2) is 30.7 Å². The Kier molecular flexibility index (Phi) is 31.6. The van der Waals surface area contributed by atoms with E-state index in [1.165, 1.54) is 210 Å². The van der Waals surface area contributed by atoms with Crippen LogP contribution in [0.5, 0.6) is 5.75 Å². The van der Waals surface area contributed by atoms with Gasteiger partial charge >= 0.3 is 0 Å². The van der Waals surface area contributed by atoms with Gasteiger partial charge in [-0.25, -0.2) is 22.0 Å². The molecule has 0 aliphatic carbocycles.